The highest BCUT2D eigenvalue weighted by molar-refractivity contribution is 5.88. The molecule has 180 valence electrons. The summed E-state index contributed by atoms with van der Waals surface area (Å²) in [4.78, 5) is 19.0. The minimum absolute atomic E-state index is 0.174. The summed E-state index contributed by atoms with van der Waals surface area (Å²) in [6.45, 7) is 3.42. The SMILES string of the molecule is COc1ccc(NC(=O)N2CC/C(=C\c3cccc(Oc4ccc(C5CC5)nc4)c3)C(C)C2)nn1. The Balaban J connectivity index is 1.19. The van der Waals surface area contributed by atoms with Gasteiger partial charge in [-0.05, 0) is 61.1 Å². The lowest BCUT2D eigenvalue weighted by molar-refractivity contribution is 0.197. The molecule has 1 atom stereocenters. The second kappa shape index (κ2) is 10.1. The quantitative estimate of drug-likeness (QED) is 0.510. The van der Waals surface area contributed by atoms with Crippen molar-refractivity contribution >= 4 is 17.9 Å². The molecule has 5 rings (SSSR count). The van der Waals surface area contributed by atoms with Crippen LogP contribution in [0.15, 0.2) is 60.3 Å². The van der Waals surface area contributed by atoms with Gasteiger partial charge in [0.2, 0.25) is 5.88 Å². The minimum atomic E-state index is -0.174. The third kappa shape index (κ3) is 5.77. The molecule has 1 saturated heterocycles. The molecule has 1 N–H and O–H groups in total. The van der Waals surface area contributed by atoms with Crippen molar-refractivity contribution in [1.82, 2.24) is 20.1 Å². The summed E-state index contributed by atoms with van der Waals surface area (Å²) >= 11 is 0. The van der Waals surface area contributed by atoms with E-state index >= 15 is 0 Å². The third-order valence-corrected chi connectivity index (χ3v) is 6.37. The van der Waals surface area contributed by atoms with E-state index in [1.54, 1.807) is 18.3 Å². The molecule has 2 aliphatic rings. The molecule has 8 heteroatoms. The lowest BCUT2D eigenvalue weighted by atomic mass is 9.91. The Morgan fingerprint density at radius 3 is 2.69 bits per heavy atom. The molecule has 1 saturated carbocycles. The van der Waals surface area contributed by atoms with Crippen LogP contribution < -0.4 is 14.8 Å². The lowest BCUT2D eigenvalue weighted by Gasteiger charge is -2.33. The largest absolute Gasteiger partial charge is 0.480 e. The zero-order valence-corrected chi connectivity index (χ0v) is 20.0. The molecule has 1 aliphatic carbocycles. The number of piperidine rings is 1. The summed E-state index contributed by atoms with van der Waals surface area (Å²) in [6.07, 6.45) is 7.29. The second-order valence-electron chi connectivity index (χ2n) is 9.07. The zero-order chi connectivity index (χ0) is 24.2. The van der Waals surface area contributed by atoms with E-state index in [1.807, 2.05) is 29.2 Å². The van der Waals surface area contributed by atoms with Gasteiger partial charge in [0.1, 0.15) is 11.5 Å². The smallest absolute Gasteiger partial charge is 0.323 e. The number of likely N-dealkylation sites (tertiary alicyclic amines) is 1. The van der Waals surface area contributed by atoms with Crippen molar-refractivity contribution in [3.63, 3.8) is 0 Å². The molecule has 0 spiro atoms. The Kier molecular flexibility index (Phi) is 6.61. The number of aromatic nitrogens is 3. The standard InChI is InChI=1S/C27H29N5O3/c1-18-17-32(27(33)29-25-10-11-26(34-2)31-30-25)13-12-21(18)14-19-4-3-5-22(15-19)35-23-8-9-24(28-16-23)20-6-7-20/h3-5,8-11,14-16,18,20H,6-7,12-13,17H2,1-2H3,(H,29,30,33)/b21-14+. The van der Waals surface area contributed by atoms with Gasteiger partial charge in [0.05, 0.1) is 13.3 Å². The maximum absolute atomic E-state index is 12.7. The normalized spacial score (nSPS) is 18.9. The Hall–Kier alpha value is -3.94. The van der Waals surface area contributed by atoms with Crippen LogP contribution in [0.1, 0.15) is 43.4 Å². The highest BCUT2D eigenvalue weighted by Crippen LogP contribution is 2.39. The number of methoxy groups -OCH3 is 1. The Morgan fingerprint density at radius 1 is 1.11 bits per heavy atom. The fourth-order valence-electron chi connectivity index (χ4n) is 4.22. The van der Waals surface area contributed by atoms with Crippen LogP contribution in [0.25, 0.3) is 6.08 Å². The number of carbonyl (C=O) groups is 1. The van der Waals surface area contributed by atoms with Gasteiger partial charge in [-0.3, -0.25) is 10.3 Å². The first-order chi connectivity index (χ1) is 17.1. The molecule has 2 amide bonds. The van der Waals surface area contributed by atoms with E-state index in [4.69, 9.17) is 9.47 Å². The number of ether oxygens (including phenoxy) is 2. The van der Waals surface area contributed by atoms with Crippen molar-refractivity contribution in [3.05, 3.63) is 71.6 Å². The van der Waals surface area contributed by atoms with Gasteiger partial charge in [0, 0.05) is 30.8 Å². The van der Waals surface area contributed by atoms with E-state index in [-0.39, 0.29) is 11.9 Å². The van der Waals surface area contributed by atoms with Crippen molar-refractivity contribution in [2.45, 2.75) is 32.1 Å². The Labute approximate surface area is 205 Å². The van der Waals surface area contributed by atoms with Crippen LogP contribution in [0.4, 0.5) is 10.6 Å². The summed E-state index contributed by atoms with van der Waals surface area (Å²) in [5.74, 6) is 3.20. The molecular formula is C27H29N5O3. The molecule has 1 aliphatic heterocycles. The number of rotatable bonds is 6. The maximum atomic E-state index is 12.7. The minimum Gasteiger partial charge on any atom is -0.480 e. The summed E-state index contributed by atoms with van der Waals surface area (Å²) in [5.41, 5.74) is 3.55. The van der Waals surface area contributed by atoms with Crippen LogP contribution in [0.5, 0.6) is 17.4 Å². The van der Waals surface area contributed by atoms with Crippen LogP contribution in [0.2, 0.25) is 0 Å². The van der Waals surface area contributed by atoms with Gasteiger partial charge < -0.3 is 14.4 Å². The summed E-state index contributed by atoms with van der Waals surface area (Å²) in [5, 5.41) is 10.7. The number of nitrogens with zero attached hydrogens (tertiary/aromatic N) is 4. The Morgan fingerprint density at radius 2 is 2.00 bits per heavy atom. The monoisotopic (exact) mass is 471 g/mol. The number of urea groups is 1. The number of hydrogen-bond acceptors (Lipinski definition) is 6. The second-order valence-corrected chi connectivity index (χ2v) is 9.07. The summed E-state index contributed by atoms with van der Waals surface area (Å²) in [7, 11) is 1.52. The molecule has 0 bridgehead atoms. The molecule has 1 unspecified atom stereocenters. The number of carbonyl (C=O) groups excluding carboxylic acids is 1. The van der Waals surface area contributed by atoms with E-state index in [9.17, 15) is 4.79 Å². The molecule has 35 heavy (non-hydrogen) atoms. The average Bonchev–Trinajstić information content (AvgIpc) is 3.72. The molecular weight excluding hydrogens is 442 g/mol. The average molecular weight is 472 g/mol. The van der Waals surface area contributed by atoms with Crippen molar-refractivity contribution in [1.29, 1.82) is 0 Å². The van der Waals surface area contributed by atoms with Crippen LogP contribution in [0, 0.1) is 5.92 Å². The van der Waals surface area contributed by atoms with Crippen LogP contribution in [-0.4, -0.2) is 46.3 Å². The number of benzene rings is 1. The van der Waals surface area contributed by atoms with Gasteiger partial charge in [0.15, 0.2) is 5.82 Å². The lowest BCUT2D eigenvalue weighted by Crippen LogP contribution is -2.42. The zero-order valence-electron chi connectivity index (χ0n) is 20.0. The van der Waals surface area contributed by atoms with E-state index < -0.39 is 0 Å². The van der Waals surface area contributed by atoms with Gasteiger partial charge >= 0.3 is 6.03 Å². The molecule has 0 radical (unpaired) electrons. The first-order valence-electron chi connectivity index (χ1n) is 12.0. The van der Waals surface area contributed by atoms with Crippen LogP contribution >= 0.6 is 0 Å². The van der Waals surface area contributed by atoms with Gasteiger partial charge in [0.25, 0.3) is 0 Å². The molecule has 2 fully saturated rings. The van der Waals surface area contributed by atoms with Gasteiger partial charge in [-0.2, -0.15) is 0 Å². The number of nitrogens with one attached hydrogen (secondary N) is 1. The van der Waals surface area contributed by atoms with Gasteiger partial charge in [-0.1, -0.05) is 30.7 Å². The third-order valence-electron chi connectivity index (χ3n) is 6.37. The van der Waals surface area contributed by atoms with Crippen molar-refractivity contribution in [2.75, 3.05) is 25.5 Å². The first-order valence-corrected chi connectivity index (χ1v) is 12.0. The molecule has 2 aromatic heterocycles. The van der Waals surface area contributed by atoms with Gasteiger partial charge in [-0.25, -0.2) is 4.79 Å². The van der Waals surface area contributed by atoms with Crippen LogP contribution in [-0.2, 0) is 0 Å². The summed E-state index contributed by atoms with van der Waals surface area (Å²) in [6, 6.07) is 15.3. The number of anilines is 1. The molecule has 3 heterocycles. The van der Waals surface area contributed by atoms with E-state index in [1.165, 1.54) is 25.5 Å². The van der Waals surface area contributed by atoms with Gasteiger partial charge in [-0.15, -0.1) is 10.2 Å². The van der Waals surface area contributed by atoms with Crippen molar-refractivity contribution < 1.29 is 14.3 Å². The molecule has 1 aromatic carbocycles. The fourth-order valence-corrected chi connectivity index (χ4v) is 4.22. The maximum Gasteiger partial charge on any atom is 0.323 e. The van der Waals surface area contributed by atoms with E-state index in [0.29, 0.717) is 30.7 Å². The predicted molar refractivity (Wildman–Crippen MR) is 134 cm³/mol. The predicted octanol–water partition coefficient (Wildman–Crippen LogP) is 5.51. The Bertz CT molecular complexity index is 1210. The molecule has 8 nitrogen and oxygen atoms in total. The number of pyridine rings is 1. The fraction of sp³-hybridized carbons (Fsp3) is 0.333. The molecule has 3 aromatic rings. The van der Waals surface area contributed by atoms with E-state index in [2.05, 4.69) is 45.6 Å². The van der Waals surface area contributed by atoms with Crippen molar-refractivity contribution in [2.24, 2.45) is 5.92 Å². The highest BCUT2D eigenvalue weighted by Gasteiger charge is 2.25. The number of amides is 2. The number of hydrogen-bond donors (Lipinski definition) is 1. The summed E-state index contributed by atoms with van der Waals surface area (Å²) < 4.78 is 11.0. The van der Waals surface area contributed by atoms with Crippen molar-refractivity contribution in [3.8, 4) is 17.4 Å². The first kappa shape index (κ1) is 22.8. The topological polar surface area (TPSA) is 89.5 Å². The highest BCUT2D eigenvalue weighted by atomic mass is 16.5. The van der Waals surface area contributed by atoms with Crippen LogP contribution in [0.3, 0.4) is 0 Å². The van der Waals surface area contributed by atoms with E-state index in [0.717, 1.165) is 29.2 Å².